The Morgan fingerprint density at radius 3 is 2.61 bits per heavy atom. The Labute approximate surface area is 141 Å². The second kappa shape index (κ2) is 9.01. The quantitative estimate of drug-likeness (QED) is 0.562. The third kappa shape index (κ3) is 5.80. The first kappa shape index (κ1) is 17.1. The van der Waals surface area contributed by atoms with Crippen molar-refractivity contribution in [1.29, 1.82) is 0 Å². The molecular weight excluding hydrogens is 310 g/mol. The van der Waals surface area contributed by atoms with E-state index in [2.05, 4.69) is 12.2 Å². The van der Waals surface area contributed by atoms with E-state index in [1.54, 1.807) is 18.2 Å². The van der Waals surface area contributed by atoms with Gasteiger partial charge in [0.15, 0.2) is 0 Å². The summed E-state index contributed by atoms with van der Waals surface area (Å²) < 4.78 is 5.60. The average Bonchev–Trinajstić information content (AvgIpc) is 2.56. The van der Waals surface area contributed by atoms with Crippen LogP contribution in [0.5, 0.6) is 5.75 Å². The maximum atomic E-state index is 11.9. The number of ether oxygens (including phenoxy) is 1. The Balaban J connectivity index is 1.89. The molecule has 4 heteroatoms. The molecule has 0 aliphatic rings. The van der Waals surface area contributed by atoms with Crippen LogP contribution in [0.4, 0.5) is 5.69 Å². The number of unbranched alkanes of at least 4 members (excludes halogenated alkanes) is 1. The number of nitrogens with one attached hydrogen (secondary N) is 1. The van der Waals surface area contributed by atoms with E-state index in [9.17, 15) is 4.79 Å². The van der Waals surface area contributed by atoms with Gasteiger partial charge in [0.05, 0.1) is 17.3 Å². The number of hydrogen-bond donors (Lipinski definition) is 1. The lowest BCUT2D eigenvalue weighted by Crippen LogP contribution is -2.07. The summed E-state index contributed by atoms with van der Waals surface area (Å²) in [5.74, 6) is 0.623. The van der Waals surface area contributed by atoms with Gasteiger partial charge in [0, 0.05) is 6.08 Å². The minimum atomic E-state index is -0.221. The molecule has 23 heavy (non-hydrogen) atoms. The second-order valence-corrected chi connectivity index (χ2v) is 5.48. The molecule has 1 N–H and O–H groups in total. The maximum Gasteiger partial charge on any atom is 0.248 e. The molecule has 2 aromatic carbocycles. The summed E-state index contributed by atoms with van der Waals surface area (Å²) in [5, 5.41) is 3.26. The van der Waals surface area contributed by atoms with Gasteiger partial charge in [-0.25, -0.2) is 0 Å². The van der Waals surface area contributed by atoms with Gasteiger partial charge in [-0.05, 0) is 42.3 Å². The van der Waals surface area contributed by atoms with E-state index in [1.165, 1.54) is 6.08 Å². The second-order valence-electron chi connectivity index (χ2n) is 5.07. The first-order valence-electron chi connectivity index (χ1n) is 7.65. The fraction of sp³-hybridized carbons (Fsp3) is 0.211. The van der Waals surface area contributed by atoms with Crippen molar-refractivity contribution in [3.63, 3.8) is 0 Å². The summed E-state index contributed by atoms with van der Waals surface area (Å²) in [6.45, 7) is 2.86. The van der Waals surface area contributed by atoms with Crippen LogP contribution in [0.1, 0.15) is 25.3 Å². The maximum absolute atomic E-state index is 11.9. The zero-order valence-electron chi connectivity index (χ0n) is 13.1. The molecule has 0 saturated heterocycles. The van der Waals surface area contributed by atoms with Crippen LogP contribution < -0.4 is 10.1 Å². The van der Waals surface area contributed by atoms with Gasteiger partial charge in [-0.15, -0.1) is 0 Å². The van der Waals surface area contributed by atoms with Crippen molar-refractivity contribution >= 4 is 29.3 Å². The van der Waals surface area contributed by atoms with Crippen molar-refractivity contribution in [2.24, 2.45) is 0 Å². The van der Waals surface area contributed by atoms with Crippen molar-refractivity contribution in [2.75, 3.05) is 11.9 Å². The number of hydrogen-bond acceptors (Lipinski definition) is 2. The van der Waals surface area contributed by atoms with Crippen molar-refractivity contribution in [2.45, 2.75) is 19.8 Å². The Morgan fingerprint density at radius 2 is 1.91 bits per heavy atom. The monoisotopic (exact) mass is 329 g/mol. The Bertz CT molecular complexity index is 665. The fourth-order valence-corrected chi connectivity index (χ4v) is 2.10. The molecule has 0 radical (unpaired) electrons. The highest BCUT2D eigenvalue weighted by molar-refractivity contribution is 6.33. The van der Waals surface area contributed by atoms with Crippen LogP contribution in [0, 0.1) is 0 Å². The molecule has 120 valence electrons. The van der Waals surface area contributed by atoms with Crippen molar-refractivity contribution in [1.82, 2.24) is 0 Å². The first-order valence-corrected chi connectivity index (χ1v) is 8.03. The number of rotatable bonds is 7. The molecular formula is C19H20ClNO2. The van der Waals surface area contributed by atoms with E-state index in [-0.39, 0.29) is 5.91 Å². The molecule has 0 fully saturated rings. The summed E-state index contributed by atoms with van der Waals surface area (Å²) >= 11 is 6.00. The fourth-order valence-electron chi connectivity index (χ4n) is 1.92. The van der Waals surface area contributed by atoms with Gasteiger partial charge in [0.25, 0.3) is 0 Å². The summed E-state index contributed by atoms with van der Waals surface area (Å²) in [7, 11) is 0. The molecule has 0 atom stereocenters. The van der Waals surface area contributed by atoms with Crippen molar-refractivity contribution in [3.05, 3.63) is 65.2 Å². The lowest BCUT2D eigenvalue weighted by Gasteiger charge is -2.05. The molecule has 0 aliphatic heterocycles. The van der Waals surface area contributed by atoms with Crippen LogP contribution in [0.25, 0.3) is 6.08 Å². The highest BCUT2D eigenvalue weighted by Gasteiger charge is 2.01. The van der Waals surface area contributed by atoms with E-state index in [4.69, 9.17) is 16.3 Å². The Morgan fingerprint density at radius 1 is 1.17 bits per heavy atom. The van der Waals surface area contributed by atoms with Gasteiger partial charge in [0.2, 0.25) is 5.91 Å². The Kier molecular flexibility index (Phi) is 6.70. The van der Waals surface area contributed by atoms with Crippen LogP contribution in [0.15, 0.2) is 54.6 Å². The normalized spacial score (nSPS) is 10.7. The number of carbonyl (C=O) groups is 1. The molecule has 1 amide bonds. The van der Waals surface area contributed by atoms with Gasteiger partial charge in [-0.1, -0.05) is 49.2 Å². The predicted molar refractivity (Wildman–Crippen MR) is 96.0 cm³/mol. The third-order valence-electron chi connectivity index (χ3n) is 3.21. The molecule has 2 aromatic rings. The molecule has 0 aromatic heterocycles. The topological polar surface area (TPSA) is 38.3 Å². The van der Waals surface area contributed by atoms with Gasteiger partial charge in [0.1, 0.15) is 5.75 Å². The molecule has 0 heterocycles. The predicted octanol–water partition coefficient (Wildman–Crippen LogP) is 5.17. The van der Waals surface area contributed by atoms with Gasteiger partial charge < -0.3 is 10.1 Å². The SMILES string of the molecule is CCCCOc1ccc(C=CC(=O)Nc2ccccc2Cl)cc1. The van der Waals surface area contributed by atoms with Gasteiger partial charge >= 0.3 is 0 Å². The zero-order chi connectivity index (χ0) is 16.5. The molecule has 0 bridgehead atoms. The first-order chi connectivity index (χ1) is 11.2. The van der Waals surface area contributed by atoms with E-state index < -0.39 is 0 Å². The van der Waals surface area contributed by atoms with Crippen molar-refractivity contribution in [3.8, 4) is 5.75 Å². The van der Waals surface area contributed by atoms with Crippen LogP contribution in [0.2, 0.25) is 5.02 Å². The van der Waals surface area contributed by atoms with E-state index in [1.807, 2.05) is 36.4 Å². The zero-order valence-corrected chi connectivity index (χ0v) is 13.8. The Hall–Kier alpha value is -2.26. The minimum absolute atomic E-state index is 0.221. The number of para-hydroxylation sites is 1. The molecule has 0 saturated carbocycles. The number of halogens is 1. The third-order valence-corrected chi connectivity index (χ3v) is 3.54. The van der Waals surface area contributed by atoms with Gasteiger partial charge in [-0.2, -0.15) is 0 Å². The highest BCUT2D eigenvalue weighted by Crippen LogP contribution is 2.20. The molecule has 2 rings (SSSR count). The molecule has 0 unspecified atom stereocenters. The summed E-state index contributed by atoms with van der Waals surface area (Å²) in [4.78, 5) is 11.9. The number of benzene rings is 2. The highest BCUT2D eigenvalue weighted by atomic mass is 35.5. The van der Waals surface area contributed by atoms with Crippen molar-refractivity contribution < 1.29 is 9.53 Å². The smallest absolute Gasteiger partial charge is 0.248 e. The number of anilines is 1. The van der Waals surface area contributed by atoms with E-state index >= 15 is 0 Å². The van der Waals surface area contributed by atoms with E-state index in [0.717, 1.165) is 30.8 Å². The van der Waals surface area contributed by atoms with Crippen LogP contribution in [0.3, 0.4) is 0 Å². The van der Waals surface area contributed by atoms with Crippen LogP contribution in [-0.2, 0) is 4.79 Å². The molecule has 3 nitrogen and oxygen atoms in total. The summed E-state index contributed by atoms with van der Waals surface area (Å²) in [5.41, 5.74) is 1.53. The minimum Gasteiger partial charge on any atom is -0.494 e. The van der Waals surface area contributed by atoms with Crippen LogP contribution in [-0.4, -0.2) is 12.5 Å². The largest absolute Gasteiger partial charge is 0.494 e. The number of carbonyl (C=O) groups excluding carboxylic acids is 1. The van der Waals surface area contributed by atoms with Gasteiger partial charge in [-0.3, -0.25) is 4.79 Å². The summed E-state index contributed by atoms with van der Waals surface area (Å²) in [6.07, 6.45) is 5.39. The molecule has 0 spiro atoms. The lowest BCUT2D eigenvalue weighted by molar-refractivity contribution is -0.111. The average molecular weight is 330 g/mol. The molecule has 0 aliphatic carbocycles. The van der Waals surface area contributed by atoms with E-state index in [0.29, 0.717) is 10.7 Å². The standard InChI is InChI=1S/C19H20ClNO2/c1-2-3-14-23-16-11-8-15(9-12-16)10-13-19(22)21-18-7-5-4-6-17(18)20/h4-13H,2-3,14H2,1H3,(H,21,22). The van der Waals surface area contributed by atoms with Crippen LogP contribution >= 0.6 is 11.6 Å². The summed E-state index contributed by atoms with van der Waals surface area (Å²) in [6, 6.07) is 14.8. The lowest BCUT2D eigenvalue weighted by atomic mass is 10.2. The number of amides is 1.